The van der Waals surface area contributed by atoms with E-state index < -0.39 is 36.1 Å². The summed E-state index contributed by atoms with van der Waals surface area (Å²) in [6, 6.07) is 11.1. The van der Waals surface area contributed by atoms with Crippen LogP contribution in [0.15, 0.2) is 59.6 Å². The van der Waals surface area contributed by atoms with E-state index >= 15 is 0 Å². The van der Waals surface area contributed by atoms with Crippen molar-refractivity contribution in [2.45, 2.75) is 55.6 Å². The number of carboxylic acids is 2. The van der Waals surface area contributed by atoms with Crippen LogP contribution in [0.2, 0.25) is 5.02 Å². The second-order valence-electron chi connectivity index (χ2n) is 9.43. The van der Waals surface area contributed by atoms with E-state index in [9.17, 15) is 32.0 Å². The van der Waals surface area contributed by atoms with Crippen molar-refractivity contribution >= 4 is 41.2 Å². The minimum Gasteiger partial charge on any atom is -0.481 e. The largest absolute Gasteiger partial charge is 0.481 e. The smallest absolute Gasteiger partial charge is 0.416 e. The molecule has 0 unspecified atom stereocenters. The fourth-order valence-corrected chi connectivity index (χ4v) is 5.43. The van der Waals surface area contributed by atoms with Crippen LogP contribution < -0.4 is 5.32 Å². The molecule has 1 aliphatic heterocycles. The SMILES string of the molecule is O=C(O)CCC(=O)O.O=C(c1ccc(CSc2c(Cl)ccc3c2CCCNC3)nc1)N(F)Cc1ccc(C(F)(F)F)cc1. The van der Waals surface area contributed by atoms with Crippen LogP contribution in [0.3, 0.4) is 0 Å². The van der Waals surface area contributed by atoms with Gasteiger partial charge in [0.05, 0.1) is 41.2 Å². The fourth-order valence-electron chi connectivity index (χ4n) is 4.02. The van der Waals surface area contributed by atoms with Gasteiger partial charge in [-0.1, -0.05) is 34.3 Å². The molecule has 1 aliphatic rings. The Labute approximate surface area is 254 Å². The summed E-state index contributed by atoms with van der Waals surface area (Å²) in [6.07, 6.45) is -1.80. The maximum atomic E-state index is 14.4. The number of carboxylic acid groups (broad SMARTS) is 2. The van der Waals surface area contributed by atoms with Crippen LogP contribution >= 0.6 is 23.4 Å². The zero-order chi connectivity index (χ0) is 31.6. The number of alkyl halides is 3. The highest BCUT2D eigenvalue weighted by atomic mass is 35.5. The Balaban J connectivity index is 0.000000557. The van der Waals surface area contributed by atoms with Gasteiger partial charge in [-0.15, -0.1) is 11.8 Å². The Bertz CT molecular complexity index is 1410. The van der Waals surface area contributed by atoms with Crippen molar-refractivity contribution in [3.63, 3.8) is 0 Å². The van der Waals surface area contributed by atoms with Gasteiger partial charge in [0.2, 0.25) is 0 Å². The van der Waals surface area contributed by atoms with Gasteiger partial charge >= 0.3 is 18.1 Å². The van der Waals surface area contributed by atoms with Gasteiger partial charge < -0.3 is 15.5 Å². The van der Waals surface area contributed by atoms with Crippen LogP contribution in [0.25, 0.3) is 0 Å². The first kappa shape index (κ1) is 33.8. The maximum Gasteiger partial charge on any atom is 0.416 e. The predicted molar refractivity (Wildman–Crippen MR) is 152 cm³/mol. The number of halogens is 5. The Hall–Kier alpha value is -3.68. The molecule has 0 bridgehead atoms. The third kappa shape index (κ3) is 10.5. The van der Waals surface area contributed by atoms with Crippen LogP contribution in [0.4, 0.5) is 17.7 Å². The quantitative estimate of drug-likeness (QED) is 0.137. The minimum absolute atomic E-state index is 0.0406. The Morgan fingerprint density at radius 3 is 2.26 bits per heavy atom. The van der Waals surface area contributed by atoms with E-state index in [1.54, 1.807) is 17.8 Å². The van der Waals surface area contributed by atoms with Crippen molar-refractivity contribution < 1.29 is 42.2 Å². The molecule has 0 spiro atoms. The van der Waals surface area contributed by atoms with Gasteiger partial charge in [0.25, 0.3) is 5.91 Å². The number of rotatable bonds is 9. The molecule has 0 radical (unpaired) electrons. The number of benzene rings is 2. The van der Waals surface area contributed by atoms with Crippen molar-refractivity contribution in [1.82, 2.24) is 15.4 Å². The number of aliphatic carboxylic acids is 2. The summed E-state index contributed by atoms with van der Waals surface area (Å²) in [5, 5.41) is 19.8. The van der Waals surface area contributed by atoms with Gasteiger partial charge in [0, 0.05) is 23.4 Å². The number of carbonyl (C=O) groups is 3. The molecule has 230 valence electrons. The number of aromatic nitrogens is 1. The summed E-state index contributed by atoms with van der Waals surface area (Å²) in [6.45, 7) is 1.29. The van der Waals surface area contributed by atoms with Crippen LogP contribution in [0.1, 0.15) is 57.6 Å². The molecule has 0 saturated carbocycles. The molecule has 4 rings (SSSR count). The Morgan fingerprint density at radius 2 is 1.67 bits per heavy atom. The van der Waals surface area contributed by atoms with Crippen molar-refractivity contribution in [3.8, 4) is 0 Å². The number of fused-ring (bicyclic) bond motifs is 1. The van der Waals surface area contributed by atoms with Gasteiger partial charge in [0.15, 0.2) is 0 Å². The molecule has 1 amide bonds. The zero-order valence-electron chi connectivity index (χ0n) is 22.7. The highest BCUT2D eigenvalue weighted by Crippen LogP contribution is 2.36. The van der Waals surface area contributed by atoms with E-state index in [1.807, 2.05) is 12.1 Å². The molecule has 0 atom stereocenters. The second-order valence-corrected chi connectivity index (χ2v) is 10.8. The number of thioether (sulfide) groups is 1. The number of nitrogens with zero attached hydrogens (tertiary/aromatic N) is 2. The van der Waals surface area contributed by atoms with Crippen LogP contribution in [0, 0.1) is 0 Å². The lowest BCUT2D eigenvalue weighted by atomic mass is 10.0. The lowest BCUT2D eigenvalue weighted by Crippen LogP contribution is -2.22. The van der Waals surface area contributed by atoms with Crippen molar-refractivity contribution in [2.24, 2.45) is 0 Å². The molecule has 0 saturated heterocycles. The first-order valence-electron chi connectivity index (χ1n) is 13.0. The van der Waals surface area contributed by atoms with Crippen LogP contribution in [-0.4, -0.2) is 44.7 Å². The summed E-state index contributed by atoms with van der Waals surface area (Å²) < 4.78 is 52.4. The van der Waals surface area contributed by atoms with Crippen LogP contribution in [0.5, 0.6) is 0 Å². The van der Waals surface area contributed by atoms with Crippen molar-refractivity contribution in [1.29, 1.82) is 0 Å². The van der Waals surface area contributed by atoms with E-state index in [4.69, 9.17) is 21.8 Å². The molecule has 0 fully saturated rings. The van der Waals surface area contributed by atoms with Gasteiger partial charge in [-0.25, -0.2) is 0 Å². The Morgan fingerprint density at radius 1 is 1.00 bits per heavy atom. The summed E-state index contributed by atoms with van der Waals surface area (Å²) in [5.74, 6) is -2.54. The van der Waals surface area contributed by atoms with E-state index in [0.717, 1.165) is 55.1 Å². The minimum atomic E-state index is -4.48. The molecule has 14 heteroatoms. The lowest BCUT2D eigenvalue weighted by molar-refractivity contribution is -0.143. The standard InChI is InChI=1S/C25H22ClF4N3OS.C4H6O4/c26-22-10-6-17-12-31-11-1-2-21(17)23(22)35-15-20-9-5-18(13-32-20)24(34)33(30)14-16-3-7-19(8-4-16)25(27,28)29;5-3(6)1-2-4(7)8/h3-10,13,31H,1-2,11-12,14-15H2;1-2H2,(H,5,6)(H,7,8). The van der Waals surface area contributed by atoms with E-state index in [-0.39, 0.29) is 29.1 Å². The molecular formula is C29H28ClF4N3O5S. The second kappa shape index (κ2) is 15.7. The first-order valence-corrected chi connectivity index (χ1v) is 14.4. The monoisotopic (exact) mass is 641 g/mol. The summed E-state index contributed by atoms with van der Waals surface area (Å²) >= 11 is 8.05. The van der Waals surface area contributed by atoms with Crippen LogP contribution in [-0.2, 0) is 41.0 Å². The van der Waals surface area contributed by atoms with E-state index in [1.165, 1.54) is 23.4 Å². The zero-order valence-corrected chi connectivity index (χ0v) is 24.2. The Kier molecular flexibility index (Phi) is 12.3. The third-order valence-electron chi connectivity index (χ3n) is 6.22. The maximum absolute atomic E-state index is 14.4. The highest BCUT2D eigenvalue weighted by molar-refractivity contribution is 7.98. The lowest BCUT2D eigenvalue weighted by Gasteiger charge is -2.14. The number of hydrogen-bond acceptors (Lipinski definition) is 6. The molecule has 3 N–H and O–H groups in total. The van der Waals surface area contributed by atoms with Crippen molar-refractivity contribution in [3.05, 3.63) is 93.3 Å². The van der Waals surface area contributed by atoms with E-state index in [2.05, 4.69) is 10.3 Å². The summed E-state index contributed by atoms with van der Waals surface area (Å²) in [5.41, 5.74) is 2.64. The number of amides is 1. The molecule has 2 heterocycles. The topological polar surface area (TPSA) is 120 Å². The van der Waals surface area contributed by atoms with Gasteiger partial charge in [-0.2, -0.15) is 18.3 Å². The average molecular weight is 642 g/mol. The third-order valence-corrected chi connectivity index (χ3v) is 7.84. The molecule has 43 heavy (non-hydrogen) atoms. The normalized spacial score (nSPS) is 12.8. The number of pyridine rings is 1. The number of hydrogen-bond donors (Lipinski definition) is 3. The summed E-state index contributed by atoms with van der Waals surface area (Å²) in [7, 11) is 0. The van der Waals surface area contributed by atoms with Gasteiger partial charge in [-0.3, -0.25) is 19.4 Å². The molecule has 1 aromatic heterocycles. The molecule has 0 aliphatic carbocycles. The molecule has 8 nitrogen and oxygen atoms in total. The van der Waals surface area contributed by atoms with Crippen molar-refractivity contribution in [2.75, 3.05) is 6.54 Å². The van der Waals surface area contributed by atoms with Gasteiger partial charge in [0.1, 0.15) is 0 Å². The molecular weight excluding hydrogens is 614 g/mol. The first-order chi connectivity index (χ1) is 20.3. The fraction of sp³-hybridized carbons (Fsp3) is 0.310. The summed E-state index contributed by atoms with van der Waals surface area (Å²) in [4.78, 5) is 37.0. The average Bonchev–Trinajstić information content (AvgIpc) is 3.21. The predicted octanol–water partition coefficient (Wildman–Crippen LogP) is 6.54. The molecule has 3 aromatic rings. The molecule has 2 aromatic carbocycles. The number of nitrogens with one attached hydrogen (secondary N) is 1. The highest BCUT2D eigenvalue weighted by Gasteiger charge is 2.30. The van der Waals surface area contributed by atoms with E-state index in [0.29, 0.717) is 16.5 Å². The van der Waals surface area contributed by atoms with Gasteiger partial charge in [-0.05, 0) is 66.4 Å². The number of carbonyl (C=O) groups excluding carboxylic acids is 1.